The molecular weight excluding hydrogens is 138 g/mol. The zero-order valence-electron chi connectivity index (χ0n) is 5.24. The molecule has 56 valence electrons. The second-order valence-electron chi connectivity index (χ2n) is 1.97. The van der Waals surface area contributed by atoms with Crippen LogP contribution >= 0.6 is 0 Å². The second kappa shape index (κ2) is 2.76. The van der Waals surface area contributed by atoms with Gasteiger partial charge in [0.05, 0.1) is 0 Å². The third-order valence-electron chi connectivity index (χ3n) is 1.34. The van der Waals surface area contributed by atoms with Crippen LogP contribution < -0.4 is 0 Å². The Balaban J connectivity index is 2.54. The van der Waals surface area contributed by atoms with Crippen LogP contribution in [-0.4, -0.2) is 28.7 Å². The fourth-order valence-corrected chi connectivity index (χ4v) is 0.825. The molecule has 0 atom stereocenters. The lowest BCUT2D eigenvalue weighted by Crippen LogP contribution is -2.30. The van der Waals surface area contributed by atoms with E-state index in [4.69, 9.17) is 5.26 Å². The van der Waals surface area contributed by atoms with Crippen LogP contribution in [0.15, 0.2) is 0 Å². The van der Waals surface area contributed by atoms with E-state index in [1.807, 2.05) is 0 Å². The minimum Gasteiger partial charge on any atom is -0.274 e. The van der Waals surface area contributed by atoms with Crippen LogP contribution in [0.25, 0.3) is 0 Å². The van der Waals surface area contributed by atoms with Crippen LogP contribution in [0.3, 0.4) is 0 Å². The highest BCUT2D eigenvalue weighted by Crippen LogP contribution is 2.10. The van der Waals surface area contributed by atoms with Gasteiger partial charge in [-0.25, -0.2) is 10.1 Å². The van der Waals surface area contributed by atoms with Crippen molar-refractivity contribution >= 4 is 11.8 Å². The van der Waals surface area contributed by atoms with Crippen LogP contribution in [-0.2, 0) is 14.5 Å². The topological polar surface area (TPSA) is 66.8 Å². The lowest BCUT2D eigenvalue weighted by Gasteiger charge is -2.09. The Bertz CT molecular complexity index is 151. The summed E-state index contributed by atoms with van der Waals surface area (Å²) in [6.07, 6.45) is 0.449. The largest absolute Gasteiger partial charge is 0.274 e. The number of carbonyl (C=O) groups is 2. The molecule has 0 aromatic carbocycles. The highest BCUT2D eigenvalue weighted by Gasteiger charge is 2.28. The predicted molar refractivity (Wildman–Crippen MR) is 29.7 cm³/mol. The molecular formula is C5H7NO4. The van der Waals surface area contributed by atoms with Crippen LogP contribution in [0.1, 0.15) is 12.8 Å². The summed E-state index contributed by atoms with van der Waals surface area (Å²) in [4.78, 5) is 25.9. The van der Waals surface area contributed by atoms with Crippen molar-refractivity contribution in [2.75, 3.05) is 6.73 Å². The van der Waals surface area contributed by atoms with Gasteiger partial charge in [-0.15, -0.1) is 0 Å². The SMILES string of the molecule is O=C1CCC(=O)N1COO. The van der Waals surface area contributed by atoms with Crippen LogP contribution in [0, 0.1) is 0 Å². The molecule has 0 bridgehead atoms. The van der Waals surface area contributed by atoms with Gasteiger partial charge in [0.15, 0.2) is 6.73 Å². The number of rotatable bonds is 2. The van der Waals surface area contributed by atoms with E-state index in [-0.39, 0.29) is 31.4 Å². The summed E-state index contributed by atoms with van der Waals surface area (Å²) in [6, 6.07) is 0. The number of carbonyl (C=O) groups excluding carboxylic acids is 2. The van der Waals surface area contributed by atoms with Crippen molar-refractivity contribution in [1.29, 1.82) is 0 Å². The number of nitrogens with zero attached hydrogens (tertiary/aromatic N) is 1. The van der Waals surface area contributed by atoms with E-state index in [9.17, 15) is 9.59 Å². The van der Waals surface area contributed by atoms with Crippen molar-refractivity contribution in [3.63, 3.8) is 0 Å². The van der Waals surface area contributed by atoms with Gasteiger partial charge in [0.1, 0.15) is 0 Å². The molecule has 0 aliphatic carbocycles. The summed E-state index contributed by atoms with van der Waals surface area (Å²) in [6.45, 7) is -0.350. The van der Waals surface area contributed by atoms with Gasteiger partial charge in [-0.2, -0.15) is 0 Å². The van der Waals surface area contributed by atoms with Crippen molar-refractivity contribution < 1.29 is 19.7 Å². The molecule has 5 heteroatoms. The number of imide groups is 1. The summed E-state index contributed by atoms with van der Waals surface area (Å²) in [5.41, 5.74) is 0. The first-order valence-electron chi connectivity index (χ1n) is 2.85. The van der Waals surface area contributed by atoms with E-state index < -0.39 is 0 Å². The van der Waals surface area contributed by atoms with Crippen molar-refractivity contribution in [3.05, 3.63) is 0 Å². The van der Waals surface area contributed by atoms with Crippen molar-refractivity contribution in [2.24, 2.45) is 0 Å². The summed E-state index contributed by atoms with van der Waals surface area (Å²) in [7, 11) is 0. The molecule has 5 nitrogen and oxygen atoms in total. The fraction of sp³-hybridized carbons (Fsp3) is 0.600. The van der Waals surface area contributed by atoms with E-state index in [0.29, 0.717) is 0 Å². The molecule has 0 aromatic rings. The third-order valence-corrected chi connectivity index (χ3v) is 1.34. The van der Waals surface area contributed by atoms with Crippen LogP contribution in [0.5, 0.6) is 0 Å². The summed E-state index contributed by atoms with van der Waals surface area (Å²) in [5.74, 6) is -0.585. The standard InChI is InChI=1S/C5H7NO4/c7-4-1-2-5(8)6(4)3-10-9/h9H,1-3H2. The van der Waals surface area contributed by atoms with Gasteiger partial charge in [0.25, 0.3) is 0 Å². The smallest absolute Gasteiger partial charge is 0.231 e. The quantitative estimate of drug-likeness (QED) is 0.325. The molecule has 0 spiro atoms. The molecule has 10 heavy (non-hydrogen) atoms. The van der Waals surface area contributed by atoms with Gasteiger partial charge in [-0.3, -0.25) is 14.5 Å². The zero-order chi connectivity index (χ0) is 7.56. The molecule has 1 rings (SSSR count). The Morgan fingerprint density at radius 2 is 1.90 bits per heavy atom. The van der Waals surface area contributed by atoms with Gasteiger partial charge in [0.2, 0.25) is 11.8 Å². The highest BCUT2D eigenvalue weighted by molar-refractivity contribution is 6.01. The number of hydrogen-bond acceptors (Lipinski definition) is 4. The van der Waals surface area contributed by atoms with Crippen molar-refractivity contribution in [3.8, 4) is 0 Å². The number of amides is 2. The Kier molecular flexibility index (Phi) is 1.98. The maximum absolute atomic E-state index is 10.7. The van der Waals surface area contributed by atoms with Gasteiger partial charge in [0, 0.05) is 12.8 Å². The minimum absolute atomic E-state index is 0.224. The van der Waals surface area contributed by atoms with Gasteiger partial charge < -0.3 is 0 Å². The molecule has 0 radical (unpaired) electrons. The highest BCUT2D eigenvalue weighted by atomic mass is 17.1. The molecule has 1 heterocycles. The lowest BCUT2D eigenvalue weighted by atomic mass is 10.4. The average molecular weight is 145 g/mol. The van der Waals surface area contributed by atoms with E-state index in [0.717, 1.165) is 4.90 Å². The third kappa shape index (κ3) is 1.14. The molecule has 0 aromatic heterocycles. The first kappa shape index (κ1) is 7.17. The molecule has 2 amide bonds. The molecule has 0 unspecified atom stereocenters. The Morgan fingerprint density at radius 1 is 1.40 bits per heavy atom. The van der Waals surface area contributed by atoms with Crippen molar-refractivity contribution in [1.82, 2.24) is 4.90 Å². The lowest BCUT2D eigenvalue weighted by molar-refractivity contribution is -0.263. The number of hydrogen-bond donors (Lipinski definition) is 1. The molecule has 1 N–H and O–H groups in total. The van der Waals surface area contributed by atoms with Gasteiger partial charge >= 0.3 is 0 Å². The minimum atomic E-state index is -0.350. The van der Waals surface area contributed by atoms with E-state index >= 15 is 0 Å². The first-order valence-corrected chi connectivity index (χ1v) is 2.85. The van der Waals surface area contributed by atoms with E-state index in [1.165, 1.54) is 0 Å². The monoisotopic (exact) mass is 145 g/mol. The van der Waals surface area contributed by atoms with Crippen LogP contribution in [0.4, 0.5) is 0 Å². The normalized spacial score (nSPS) is 18.7. The average Bonchev–Trinajstić information content (AvgIpc) is 2.20. The molecule has 1 aliphatic heterocycles. The molecule has 0 saturated carbocycles. The number of likely N-dealkylation sites (tertiary alicyclic amines) is 1. The molecule has 1 aliphatic rings. The Labute approximate surface area is 57.1 Å². The molecule has 1 fully saturated rings. The summed E-state index contributed by atoms with van der Waals surface area (Å²) < 4.78 is 0. The zero-order valence-corrected chi connectivity index (χ0v) is 5.24. The van der Waals surface area contributed by atoms with Crippen LogP contribution in [0.2, 0.25) is 0 Å². The Morgan fingerprint density at radius 3 is 2.30 bits per heavy atom. The summed E-state index contributed by atoms with van der Waals surface area (Å²) >= 11 is 0. The fourth-order valence-electron chi connectivity index (χ4n) is 0.825. The van der Waals surface area contributed by atoms with Gasteiger partial charge in [-0.1, -0.05) is 0 Å². The summed E-state index contributed by atoms with van der Waals surface area (Å²) in [5, 5.41) is 7.92. The van der Waals surface area contributed by atoms with E-state index in [2.05, 4.69) is 4.89 Å². The van der Waals surface area contributed by atoms with Crippen molar-refractivity contribution in [2.45, 2.75) is 12.8 Å². The first-order chi connectivity index (χ1) is 4.75. The van der Waals surface area contributed by atoms with E-state index in [1.54, 1.807) is 0 Å². The maximum atomic E-state index is 10.7. The predicted octanol–water partition coefficient (Wildman–Crippen LogP) is -0.418. The van der Waals surface area contributed by atoms with Gasteiger partial charge in [-0.05, 0) is 0 Å². The second-order valence-corrected chi connectivity index (χ2v) is 1.97. The maximum Gasteiger partial charge on any atom is 0.231 e. The molecule has 1 saturated heterocycles. The Hall–Kier alpha value is -0.940.